The number of esters is 2. The molecule has 2 aromatic rings. The Morgan fingerprint density at radius 3 is 1.49 bits per heavy atom. The standard InChI is InChI=1S/C14H22O4.C13H22O4.C9H12.C8H11N.CH4.2HI.V/c1-5-6-9-7-11(9)18-12(15)8-10(13(16)17)14(2,3)4;1-5-8-6-10(8)17-11(14)7-9(12(15)16)13(2,3)4;1-8(2)9-6-4-3-5-7-9;1-7(9)8-5-3-2-4-6-8;;;;/h5,9-11H,1,6-8H2,2-4H3,(H,16,17);8-10H,5-7H2,1-4H3,(H,15,16);3-8H,1-2H3;2-7H,9H2,1H3;1H4;2*1H;/q;;;;;;;+2/p-3/t9-,10-,11-;8-,9-,10-;;7-;;;;/m11.0..../s1. The van der Waals surface area contributed by atoms with Crippen LogP contribution in [0.3, 0.4) is 0 Å². The minimum absolute atomic E-state index is 0. The Bertz CT molecular complexity index is 1400. The number of halogens is 2. The van der Waals surface area contributed by atoms with E-state index in [1.165, 1.54) is 11.1 Å². The van der Waals surface area contributed by atoms with Crippen LogP contribution in [0.1, 0.15) is 138 Å². The van der Waals surface area contributed by atoms with Crippen LogP contribution in [0.25, 0.3) is 0 Å². The number of ether oxygens (including phenoxy) is 2. The Labute approximate surface area is 373 Å². The molecule has 0 spiro atoms. The number of carbonyl (C=O) groups is 4. The molecule has 9 nitrogen and oxygen atoms in total. The molecule has 2 aromatic carbocycles. The second-order valence-electron chi connectivity index (χ2n) is 16.7. The number of rotatable bonds is 13. The molecule has 323 valence electrons. The number of hydrogen-bond donors (Lipinski definition) is 2. The number of hydrogen-bond acceptors (Lipinski definition) is 8. The Kier molecular flexibility index (Phi) is 29.4. The second-order valence-corrected chi connectivity index (χ2v) is 28.5. The summed E-state index contributed by atoms with van der Waals surface area (Å²) in [5, 5.41) is 20.1. The molecule has 0 bridgehead atoms. The van der Waals surface area contributed by atoms with Gasteiger partial charge in [-0.15, -0.1) is 6.58 Å². The van der Waals surface area contributed by atoms with Crippen LogP contribution in [0.15, 0.2) is 73.3 Å². The van der Waals surface area contributed by atoms with Crippen LogP contribution in [0.5, 0.6) is 0 Å². The van der Waals surface area contributed by atoms with Crippen LogP contribution in [-0.4, -0.2) is 41.2 Å². The van der Waals surface area contributed by atoms with Gasteiger partial charge in [0.1, 0.15) is 12.2 Å². The van der Waals surface area contributed by atoms with Crippen LogP contribution in [0.4, 0.5) is 0 Å². The van der Waals surface area contributed by atoms with E-state index in [2.05, 4.69) is 91.6 Å². The number of benzene rings is 2. The fraction of sp³-hybridized carbons (Fsp3) is 0.600. The molecule has 0 unspecified atom stereocenters. The SMILES string of the molecule is C.C=CC[C@@H]1C[C@H]1OC(=O)C[C@H](C(=O)[O-])C(C)(C)C.CC(C)c1ccccc1.CC[C@@H]1C[C@H]1OC(=O)C[C@H](C(=O)O)C(C)(C)C.C[C@H](N)c1ccccc1.[I][V][I]. The predicted molar refractivity (Wildman–Crippen MR) is 243 cm³/mol. The van der Waals surface area contributed by atoms with E-state index in [0.717, 1.165) is 25.7 Å². The summed E-state index contributed by atoms with van der Waals surface area (Å²) in [4.78, 5) is 45.4. The molecule has 0 heterocycles. The molecular formula is C45H70I2NO8V-. The number of aliphatic carboxylic acids is 2. The van der Waals surface area contributed by atoms with Crippen LogP contribution in [0, 0.1) is 34.5 Å². The first-order valence-corrected chi connectivity index (χ1v) is 28.3. The van der Waals surface area contributed by atoms with E-state index in [0.29, 0.717) is 27.2 Å². The average molecular weight is 1060 g/mol. The number of carboxylic acid groups (broad SMARTS) is 2. The van der Waals surface area contributed by atoms with Crippen molar-refractivity contribution in [2.75, 3.05) is 0 Å². The quantitative estimate of drug-likeness (QED) is 0.113. The molecule has 4 rings (SSSR count). The molecule has 0 amide bonds. The molecule has 7 atom stereocenters. The predicted octanol–water partition coefficient (Wildman–Crippen LogP) is 10.7. The monoisotopic (exact) mass is 1060 g/mol. The Morgan fingerprint density at radius 1 is 0.825 bits per heavy atom. The molecule has 2 aliphatic carbocycles. The van der Waals surface area contributed by atoms with E-state index >= 15 is 0 Å². The first-order chi connectivity index (χ1) is 26.0. The Balaban J connectivity index is 0. The van der Waals surface area contributed by atoms with E-state index in [4.69, 9.17) is 20.3 Å². The van der Waals surface area contributed by atoms with Crippen molar-refractivity contribution in [3.8, 4) is 0 Å². The summed E-state index contributed by atoms with van der Waals surface area (Å²) in [5.74, 6) is -2.96. The third-order valence-corrected chi connectivity index (χ3v) is 9.48. The van der Waals surface area contributed by atoms with Gasteiger partial charge in [0.2, 0.25) is 0 Å². The van der Waals surface area contributed by atoms with Gasteiger partial charge in [0.15, 0.2) is 0 Å². The Hall–Kier alpha value is -1.94. The van der Waals surface area contributed by atoms with Crippen molar-refractivity contribution in [3.05, 3.63) is 84.4 Å². The molecule has 0 radical (unpaired) electrons. The maximum atomic E-state index is 11.7. The first kappa shape index (κ1) is 57.2. The van der Waals surface area contributed by atoms with E-state index in [1.807, 2.05) is 64.1 Å². The van der Waals surface area contributed by atoms with Crippen molar-refractivity contribution in [3.63, 3.8) is 0 Å². The molecule has 12 heteroatoms. The van der Waals surface area contributed by atoms with Gasteiger partial charge in [0.25, 0.3) is 0 Å². The van der Waals surface area contributed by atoms with Crippen molar-refractivity contribution in [1.82, 2.24) is 0 Å². The van der Waals surface area contributed by atoms with Gasteiger partial charge < -0.3 is 30.2 Å². The van der Waals surface area contributed by atoms with Gasteiger partial charge in [-0.1, -0.05) is 136 Å². The van der Waals surface area contributed by atoms with Crippen LogP contribution < -0.4 is 10.8 Å². The summed E-state index contributed by atoms with van der Waals surface area (Å²) in [6.07, 6.45) is 5.24. The topological polar surface area (TPSA) is 156 Å². The van der Waals surface area contributed by atoms with Crippen molar-refractivity contribution in [2.24, 2.45) is 40.2 Å². The molecule has 3 N–H and O–H groups in total. The van der Waals surface area contributed by atoms with Gasteiger partial charge in [-0.2, -0.15) is 0 Å². The molecular weight excluding hydrogens is 987 g/mol. The van der Waals surface area contributed by atoms with Crippen LogP contribution >= 0.6 is 40.0 Å². The van der Waals surface area contributed by atoms with Crippen LogP contribution in [-0.2, 0) is 38.1 Å². The zero-order valence-corrected chi connectivity index (χ0v) is 40.7. The summed E-state index contributed by atoms with van der Waals surface area (Å²) in [6.45, 7) is 22.9. The van der Waals surface area contributed by atoms with E-state index in [1.54, 1.807) is 26.8 Å². The molecule has 0 aromatic heterocycles. The summed E-state index contributed by atoms with van der Waals surface area (Å²) in [7, 11) is 0.628. The number of allylic oxidation sites excluding steroid dienone is 1. The van der Waals surface area contributed by atoms with Crippen molar-refractivity contribution in [2.45, 2.75) is 139 Å². The molecule has 57 heavy (non-hydrogen) atoms. The van der Waals surface area contributed by atoms with E-state index in [9.17, 15) is 24.3 Å². The van der Waals surface area contributed by atoms with Gasteiger partial charge in [0.05, 0.1) is 18.8 Å². The fourth-order valence-corrected chi connectivity index (χ4v) is 5.49. The maximum absolute atomic E-state index is 11.7. The van der Waals surface area contributed by atoms with Crippen molar-refractivity contribution >= 4 is 63.8 Å². The molecule has 2 aliphatic rings. The van der Waals surface area contributed by atoms with Crippen molar-refractivity contribution in [1.29, 1.82) is 0 Å². The van der Waals surface area contributed by atoms with E-state index in [-0.39, 0.29) is 44.5 Å². The molecule has 0 saturated heterocycles. The van der Waals surface area contributed by atoms with Gasteiger partial charge in [0, 0.05) is 23.8 Å². The van der Waals surface area contributed by atoms with Gasteiger partial charge in [-0.25, -0.2) is 0 Å². The fourth-order valence-electron chi connectivity index (χ4n) is 5.49. The van der Waals surface area contributed by atoms with E-state index < -0.39 is 40.6 Å². The Morgan fingerprint density at radius 2 is 1.21 bits per heavy atom. The number of nitrogens with two attached hydrogens (primary N) is 1. The number of carboxylic acids is 2. The third kappa shape index (κ3) is 26.0. The third-order valence-electron chi connectivity index (χ3n) is 9.48. The molecule has 0 aliphatic heterocycles. The summed E-state index contributed by atoms with van der Waals surface area (Å²) >= 11 is 4.74. The summed E-state index contributed by atoms with van der Waals surface area (Å²) in [6, 6.07) is 20.7. The zero-order valence-electron chi connectivity index (χ0n) is 35.0. The van der Waals surface area contributed by atoms with Crippen molar-refractivity contribution < 1.29 is 48.3 Å². The van der Waals surface area contributed by atoms with Gasteiger partial charge >= 0.3 is 67.3 Å². The van der Waals surface area contributed by atoms with Gasteiger partial charge in [-0.3, -0.25) is 14.4 Å². The summed E-state index contributed by atoms with van der Waals surface area (Å²) < 4.78 is 10.5. The van der Waals surface area contributed by atoms with Crippen LogP contribution in [0.2, 0.25) is 0 Å². The number of carbonyl (C=O) groups excluding carboxylic acids is 3. The average Bonchev–Trinajstić information content (AvgIpc) is 4.04. The van der Waals surface area contributed by atoms with Gasteiger partial charge in [-0.05, 0) is 66.4 Å². The second kappa shape index (κ2) is 29.3. The summed E-state index contributed by atoms with van der Waals surface area (Å²) in [5.41, 5.74) is 7.28. The first-order valence-electron chi connectivity index (χ1n) is 19.2. The minimum atomic E-state index is -1.20. The molecule has 2 fully saturated rings. The normalized spacial score (nSPS) is 19.1. The molecule has 2 saturated carbocycles. The zero-order chi connectivity index (χ0) is 43.2.